The van der Waals surface area contributed by atoms with E-state index >= 15 is 0 Å². The summed E-state index contributed by atoms with van der Waals surface area (Å²) in [6, 6.07) is 10.3. The molecule has 6 nitrogen and oxygen atoms in total. The molecule has 2 aromatic rings. The van der Waals surface area contributed by atoms with Gasteiger partial charge < -0.3 is 10.6 Å². The molecule has 168 valence electrons. The Labute approximate surface area is 187 Å². The van der Waals surface area contributed by atoms with Crippen LogP contribution in [0.3, 0.4) is 0 Å². The highest BCUT2D eigenvalue weighted by Gasteiger charge is 2.20. The minimum absolute atomic E-state index is 0.135. The van der Waals surface area contributed by atoms with Gasteiger partial charge in [-0.3, -0.25) is 9.59 Å². The van der Waals surface area contributed by atoms with Crippen LogP contribution >= 0.6 is 8.58 Å². The second kappa shape index (κ2) is 12.4. The molecule has 0 radical (unpaired) electrons. The van der Waals surface area contributed by atoms with Crippen LogP contribution in [0.2, 0.25) is 0 Å². The number of anilines is 1. The van der Waals surface area contributed by atoms with Gasteiger partial charge in [-0.2, -0.15) is 0 Å². The highest BCUT2D eigenvalue weighted by molar-refractivity contribution is 7.39. The molecule has 1 heterocycles. The molecule has 0 saturated carbocycles. The molecule has 2 amide bonds. The summed E-state index contributed by atoms with van der Waals surface area (Å²) in [5.74, 6) is 0.0744. The van der Waals surface area contributed by atoms with Gasteiger partial charge in [-0.25, -0.2) is 4.68 Å². The van der Waals surface area contributed by atoms with Gasteiger partial charge in [0.1, 0.15) is 0 Å². The van der Waals surface area contributed by atoms with Crippen LogP contribution in [0.1, 0.15) is 46.1 Å². The average molecular weight is 443 g/mol. The standard InChI is InChI=1S/C24H35N4O2P/c1-6-9-21(14-25-16-29)24(30)26-23-13-22(20-11-8-10-19(7-2)12-20)28(27-23)18(5)15-31-17(3)4/h8,10-13,16-17,21,31H,5-7,9,14-15H2,1-4H3,(H,25,29)(H,26,27,30)/t21-/m0/s1. The zero-order valence-electron chi connectivity index (χ0n) is 19.1. The SMILES string of the molecule is C=C(CPC(C)C)n1nc(NC(=O)[C@@H](CCC)CNC=O)cc1-c1cccc(CC)c1. The third kappa shape index (κ3) is 7.32. The Bertz CT molecular complexity index is 891. The lowest BCUT2D eigenvalue weighted by Gasteiger charge is -2.14. The molecule has 0 spiro atoms. The number of rotatable bonds is 13. The summed E-state index contributed by atoms with van der Waals surface area (Å²) < 4.78 is 1.86. The second-order valence-electron chi connectivity index (χ2n) is 7.98. The Morgan fingerprint density at radius 3 is 2.71 bits per heavy atom. The number of amides is 2. The van der Waals surface area contributed by atoms with Crippen molar-refractivity contribution < 1.29 is 9.59 Å². The zero-order valence-corrected chi connectivity index (χ0v) is 20.1. The zero-order chi connectivity index (χ0) is 22.8. The normalized spacial score (nSPS) is 12.3. The number of benzene rings is 1. The lowest BCUT2D eigenvalue weighted by Crippen LogP contribution is -2.32. The van der Waals surface area contributed by atoms with Gasteiger partial charge >= 0.3 is 0 Å². The summed E-state index contributed by atoms with van der Waals surface area (Å²) in [6.07, 6.45) is 3.98. The van der Waals surface area contributed by atoms with E-state index < -0.39 is 0 Å². The number of allylic oxidation sites excluding steroid dienone is 1. The first-order valence-electron chi connectivity index (χ1n) is 11.0. The fourth-order valence-corrected chi connectivity index (χ4v) is 4.12. The Kier molecular flexibility index (Phi) is 9.93. The molecule has 2 atom stereocenters. The van der Waals surface area contributed by atoms with Crippen molar-refractivity contribution in [3.63, 3.8) is 0 Å². The fraction of sp³-hybridized carbons (Fsp3) is 0.458. The summed E-state index contributed by atoms with van der Waals surface area (Å²) >= 11 is 0. The average Bonchev–Trinajstić information content (AvgIpc) is 3.18. The smallest absolute Gasteiger partial charge is 0.230 e. The van der Waals surface area contributed by atoms with Crippen LogP contribution in [0.15, 0.2) is 36.9 Å². The van der Waals surface area contributed by atoms with Gasteiger partial charge in [-0.15, -0.1) is 13.7 Å². The van der Waals surface area contributed by atoms with Crippen LogP contribution < -0.4 is 10.6 Å². The van der Waals surface area contributed by atoms with E-state index in [9.17, 15) is 9.59 Å². The molecule has 31 heavy (non-hydrogen) atoms. The predicted octanol–water partition coefficient (Wildman–Crippen LogP) is 4.77. The van der Waals surface area contributed by atoms with Crippen molar-refractivity contribution in [1.82, 2.24) is 15.1 Å². The first kappa shape index (κ1) is 24.8. The summed E-state index contributed by atoms with van der Waals surface area (Å²) in [6.45, 7) is 13.1. The minimum atomic E-state index is -0.294. The van der Waals surface area contributed by atoms with Gasteiger partial charge in [0, 0.05) is 30.0 Å². The number of hydrogen-bond acceptors (Lipinski definition) is 3. The summed E-state index contributed by atoms with van der Waals surface area (Å²) in [5.41, 5.74) is 4.72. The quantitative estimate of drug-likeness (QED) is 0.347. The van der Waals surface area contributed by atoms with E-state index in [1.807, 2.05) is 23.7 Å². The van der Waals surface area contributed by atoms with Crippen LogP contribution in [-0.4, -0.2) is 40.5 Å². The number of carbonyl (C=O) groups excluding carboxylic acids is 2. The molecule has 0 fully saturated rings. The van der Waals surface area contributed by atoms with Crippen molar-refractivity contribution in [2.24, 2.45) is 5.92 Å². The topological polar surface area (TPSA) is 76.0 Å². The van der Waals surface area contributed by atoms with E-state index in [2.05, 4.69) is 61.3 Å². The van der Waals surface area contributed by atoms with Gasteiger partial charge in [0.15, 0.2) is 5.82 Å². The van der Waals surface area contributed by atoms with Gasteiger partial charge in [-0.1, -0.05) is 58.9 Å². The van der Waals surface area contributed by atoms with Crippen molar-refractivity contribution in [3.8, 4) is 11.3 Å². The first-order chi connectivity index (χ1) is 14.9. The molecule has 1 aromatic heterocycles. The monoisotopic (exact) mass is 442 g/mol. The number of hydrogen-bond donors (Lipinski definition) is 2. The van der Waals surface area contributed by atoms with E-state index in [0.717, 1.165) is 44.5 Å². The van der Waals surface area contributed by atoms with E-state index in [1.165, 1.54) is 5.56 Å². The lowest BCUT2D eigenvalue weighted by molar-refractivity contribution is -0.120. The molecule has 0 aliphatic rings. The van der Waals surface area contributed by atoms with Crippen LogP contribution in [0, 0.1) is 5.92 Å². The molecule has 0 saturated heterocycles. The highest BCUT2D eigenvalue weighted by Crippen LogP contribution is 2.30. The second-order valence-corrected chi connectivity index (χ2v) is 9.90. The molecule has 2 N–H and O–H groups in total. The van der Waals surface area contributed by atoms with Crippen molar-refractivity contribution in [1.29, 1.82) is 0 Å². The molecule has 1 unspecified atom stereocenters. The maximum atomic E-state index is 12.8. The fourth-order valence-electron chi connectivity index (χ4n) is 3.33. The molecular formula is C24H35N4O2P. The number of nitrogens with one attached hydrogen (secondary N) is 2. The van der Waals surface area contributed by atoms with Crippen LogP contribution in [0.4, 0.5) is 5.82 Å². The molecule has 7 heteroatoms. The first-order valence-corrected chi connectivity index (χ1v) is 12.3. The Morgan fingerprint density at radius 2 is 2.06 bits per heavy atom. The Hall–Kier alpha value is -2.46. The highest BCUT2D eigenvalue weighted by atomic mass is 31.1. The lowest BCUT2D eigenvalue weighted by atomic mass is 10.0. The third-order valence-electron chi connectivity index (χ3n) is 5.06. The predicted molar refractivity (Wildman–Crippen MR) is 132 cm³/mol. The van der Waals surface area contributed by atoms with Crippen molar-refractivity contribution >= 4 is 32.4 Å². The molecule has 1 aromatic carbocycles. The summed E-state index contributed by atoms with van der Waals surface area (Å²) in [4.78, 5) is 23.5. The van der Waals surface area contributed by atoms with Crippen molar-refractivity contribution in [2.45, 2.75) is 52.6 Å². The van der Waals surface area contributed by atoms with E-state index in [0.29, 0.717) is 30.9 Å². The van der Waals surface area contributed by atoms with E-state index in [1.54, 1.807) is 0 Å². The number of nitrogens with zero attached hydrogens (tertiary/aromatic N) is 2. The van der Waals surface area contributed by atoms with Gasteiger partial charge in [0.25, 0.3) is 0 Å². The van der Waals surface area contributed by atoms with Crippen LogP contribution in [-0.2, 0) is 16.0 Å². The van der Waals surface area contributed by atoms with E-state index in [-0.39, 0.29) is 11.8 Å². The maximum absolute atomic E-state index is 12.8. The summed E-state index contributed by atoms with van der Waals surface area (Å²) in [7, 11) is 0.758. The minimum Gasteiger partial charge on any atom is -0.358 e. The Balaban J connectivity index is 2.34. The molecular weight excluding hydrogens is 407 g/mol. The van der Waals surface area contributed by atoms with E-state index in [4.69, 9.17) is 0 Å². The molecule has 0 bridgehead atoms. The molecule has 0 aliphatic carbocycles. The van der Waals surface area contributed by atoms with Gasteiger partial charge in [-0.05, 0) is 30.1 Å². The maximum Gasteiger partial charge on any atom is 0.230 e. The molecule has 0 aliphatic heterocycles. The van der Waals surface area contributed by atoms with Crippen LogP contribution in [0.5, 0.6) is 0 Å². The van der Waals surface area contributed by atoms with Crippen molar-refractivity contribution in [2.75, 3.05) is 18.0 Å². The Morgan fingerprint density at radius 1 is 1.29 bits per heavy atom. The van der Waals surface area contributed by atoms with Crippen molar-refractivity contribution in [3.05, 3.63) is 42.5 Å². The number of aryl methyl sites for hydroxylation is 1. The number of carbonyl (C=O) groups is 2. The summed E-state index contributed by atoms with van der Waals surface area (Å²) in [5, 5.41) is 10.3. The van der Waals surface area contributed by atoms with Crippen LogP contribution in [0.25, 0.3) is 17.0 Å². The van der Waals surface area contributed by atoms with Gasteiger partial charge in [0.2, 0.25) is 12.3 Å². The largest absolute Gasteiger partial charge is 0.358 e. The molecule has 2 rings (SSSR count). The number of aromatic nitrogens is 2. The third-order valence-corrected chi connectivity index (χ3v) is 6.49. The van der Waals surface area contributed by atoms with Gasteiger partial charge in [0.05, 0.1) is 11.6 Å².